The lowest BCUT2D eigenvalue weighted by Gasteiger charge is -2.07. The molecule has 0 saturated heterocycles. The van der Waals surface area contributed by atoms with Crippen LogP contribution in [0.15, 0.2) is 72.0 Å². The van der Waals surface area contributed by atoms with Gasteiger partial charge in [-0.15, -0.1) is 0 Å². The summed E-state index contributed by atoms with van der Waals surface area (Å²) in [5, 5.41) is 4.87. The van der Waals surface area contributed by atoms with E-state index in [2.05, 4.69) is 5.10 Å². The van der Waals surface area contributed by atoms with Crippen molar-refractivity contribution in [2.24, 2.45) is 5.73 Å². The molecule has 0 aliphatic heterocycles. The Morgan fingerprint density at radius 3 is 2.59 bits per heavy atom. The zero-order valence-electron chi connectivity index (χ0n) is 14.3. The maximum absolute atomic E-state index is 13.9. The van der Waals surface area contributed by atoms with Gasteiger partial charge in [0.1, 0.15) is 5.82 Å². The average molecular weight is 384 g/mol. The molecule has 6 nitrogen and oxygen atoms in total. The number of benzene rings is 2. The van der Waals surface area contributed by atoms with Gasteiger partial charge in [-0.05, 0) is 30.3 Å². The first-order valence-electron chi connectivity index (χ1n) is 8.35. The van der Waals surface area contributed by atoms with Crippen molar-refractivity contribution in [1.82, 2.24) is 13.8 Å². The molecule has 2 aromatic carbocycles. The van der Waals surface area contributed by atoms with Crippen LogP contribution in [0.4, 0.5) is 4.39 Å². The van der Waals surface area contributed by atoms with Gasteiger partial charge in [0.15, 0.2) is 0 Å². The minimum absolute atomic E-state index is 0.136. The molecule has 0 aliphatic carbocycles. The van der Waals surface area contributed by atoms with Crippen molar-refractivity contribution in [2.75, 3.05) is 6.54 Å². The summed E-state index contributed by atoms with van der Waals surface area (Å²) in [6.07, 6.45) is 4.95. The molecule has 2 aromatic heterocycles. The van der Waals surface area contributed by atoms with Crippen LogP contribution in [0.2, 0.25) is 0 Å². The molecular weight excluding hydrogens is 367 g/mol. The van der Waals surface area contributed by atoms with Crippen LogP contribution in [-0.2, 0) is 16.6 Å². The highest BCUT2D eigenvalue weighted by Crippen LogP contribution is 2.33. The Kier molecular flexibility index (Phi) is 4.29. The van der Waals surface area contributed by atoms with Crippen molar-refractivity contribution < 1.29 is 12.8 Å². The second kappa shape index (κ2) is 6.64. The third-order valence-electron chi connectivity index (χ3n) is 4.34. The van der Waals surface area contributed by atoms with Gasteiger partial charge in [-0.25, -0.2) is 16.8 Å². The highest BCUT2D eigenvalue weighted by atomic mass is 32.2. The van der Waals surface area contributed by atoms with Gasteiger partial charge < -0.3 is 5.73 Å². The summed E-state index contributed by atoms with van der Waals surface area (Å²) >= 11 is 0. The van der Waals surface area contributed by atoms with E-state index in [0.717, 1.165) is 9.54 Å². The van der Waals surface area contributed by atoms with Crippen LogP contribution < -0.4 is 5.73 Å². The van der Waals surface area contributed by atoms with E-state index in [0.29, 0.717) is 24.0 Å². The molecule has 8 heteroatoms. The van der Waals surface area contributed by atoms with Crippen molar-refractivity contribution in [2.45, 2.75) is 11.4 Å². The Morgan fingerprint density at radius 1 is 1.07 bits per heavy atom. The van der Waals surface area contributed by atoms with E-state index in [1.807, 2.05) is 0 Å². The Morgan fingerprint density at radius 2 is 1.85 bits per heavy atom. The Bertz CT molecular complexity index is 1210. The van der Waals surface area contributed by atoms with Crippen molar-refractivity contribution in [3.63, 3.8) is 0 Å². The summed E-state index contributed by atoms with van der Waals surface area (Å²) in [7, 11) is -3.87. The first kappa shape index (κ1) is 17.4. The number of rotatable bonds is 5. The number of halogens is 1. The van der Waals surface area contributed by atoms with Crippen molar-refractivity contribution in [1.29, 1.82) is 0 Å². The van der Waals surface area contributed by atoms with E-state index in [4.69, 9.17) is 5.73 Å². The summed E-state index contributed by atoms with van der Waals surface area (Å²) < 4.78 is 42.9. The largest absolute Gasteiger partial charge is 0.329 e. The lowest BCUT2D eigenvalue weighted by molar-refractivity contribution is 0.589. The molecule has 0 bridgehead atoms. The number of fused-ring (bicyclic) bond motifs is 1. The average Bonchev–Trinajstić information content (AvgIpc) is 3.27. The molecule has 4 rings (SSSR count). The smallest absolute Gasteiger partial charge is 0.268 e. The van der Waals surface area contributed by atoms with Crippen LogP contribution in [0.5, 0.6) is 0 Å². The van der Waals surface area contributed by atoms with Gasteiger partial charge >= 0.3 is 0 Å². The number of aromatic nitrogens is 3. The fourth-order valence-corrected chi connectivity index (χ4v) is 4.45. The van der Waals surface area contributed by atoms with E-state index in [9.17, 15) is 12.8 Å². The highest BCUT2D eigenvalue weighted by Gasteiger charge is 2.22. The third kappa shape index (κ3) is 3.02. The van der Waals surface area contributed by atoms with E-state index >= 15 is 0 Å². The minimum Gasteiger partial charge on any atom is -0.329 e. The van der Waals surface area contributed by atoms with Gasteiger partial charge in [-0.2, -0.15) is 5.10 Å². The van der Waals surface area contributed by atoms with Crippen molar-refractivity contribution in [3.05, 3.63) is 72.9 Å². The van der Waals surface area contributed by atoms with E-state index < -0.39 is 15.8 Å². The van der Waals surface area contributed by atoms with E-state index in [1.54, 1.807) is 41.3 Å². The molecule has 0 fully saturated rings. The summed E-state index contributed by atoms with van der Waals surface area (Å²) in [5.41, 5.74) is 7.23. The van der Waals surface area contributed by atoms with E-state index in [-0.39, 0.29) is 10.4 Å². The quantitative estimate of drug-likeness (QED) is 0.574. The van der Waals surface area contributed by atoms with Crippen LogP contribution in [-0.4, -0.2) is 28.7 Å². The topological polar surface area (TPSA) is 82.9 Å². The number of nitrogens with two attached hydrogens (primary N) is 1. The van der Waals surface area contributed by atoms with Crippen molar-refractivity contribution >= 4 is 20.9 Å². The fraction of sp³-hybridized carbons (Fsp3) is 0.105. The monoisotopic (exact) mass is 384 g/mol. The summed E-state index contributed by atoms with van der Waals surface area (Å²) in [6, 6.07) is 12.2. The second-order valence-corrected chi connectivity index (χ2v) is 7.91. The Labute approximate surface area is 155 Å². The minimum atomic E-state index is -3.87. The predicted molar refractivity (Wildman–Crippen MR) is 101 cm³/mol. The molecule has 2 heterocycles. The lowest BCUT2D eigenvalue weighted by Crippen LogP contribution is -2.11. The summed E-state index contributed by atoms with van der Waals surface area (Å²) in [5.74, 6) is -0.504. The zero-order chi connectivity index (χ0) is 19.0. The maximum atomic E-state index is 13.9. The molecule has 2 N–H and O–H groups in total. The first-order valence-corrected chi connectivity index (χ1v) is 9.79. The van der Waals surface area contributed by atoms with Gasteiger partial charge in [0.05, 0.1) is 23.2 Å². The molecular formula is C19H17FN4O2S. The molecule has 0 unspecified atom stereocenters. The molecule has 0 atom stereocenters. The second-order valence-electron chi connectivity index (χ2n) is 6.10. The van der Waals surface area contributed by atoms with Crippen LogP contribution in [0.1, 0.15) is 0 Å². The van der Waals surface area contributed by atoms with Crippen LogP contribution in [0.25, 0.3) is 22.0 Å². The standard InChI is InChI=1S/C19H17FN4O2S/c20-15-6-7-17-18(14-11-22-23(12-14)9-8-21)13-24(19(17)10-15)27(25,26)16-4-2-1-3-5-16/h1-7,10-13H,8-9,21H2. The molecule has 27 heavy (non-hydrogen) atoms. The first-order chi connectivity index (χ1) is 13.0. The Hall–Kier alpha value is -2.97. The molecule has 0 spiro atoms. The van der Waals surface area contributed by atoms with Crippen LogP contribution in [0, 0.1) is 5.82 Å². The Balaban J connectivity index is 1.95. The summed E-state index contributed by atoms with van der Waals surface area (Å²) in [4.78, 5) is 0.136. The fourth-order valence-electron chi connectivity index (χ4n) is 3.06. The van der Waals surface area contributed by atoms with Crippen molar-refractivity contribution in [3.8, 4) is 11.1 Å². The van der Waals surface area contributed by atoms with Gasteiger partial charge in [-0.1, -0.05) is 18.2 Å². The molecule has 0 radical (unpaired) electrons. The van der Waals surface area contributed by atoms with Crippen LogP contribution in [0.3, 0.4) is 0 Å². The van der Waals surface area contributed by atoms with E-state index in [1.165, 1.54) is 30.5 Å². The van der Waals surface area contributed by atoms with Gasteiger partial charge in [0, 0.05) is 35.5 Å². The van der Waals surface area contributed by atoms with Crippen LogP contribution >= 0.6 is 0 Å². The molecule has 0 aliphatic rings. The molecule has 0 saturated carbocycles. The molecule has 138 valence electrons. The lowest BCUT2D eigenvalue weighted by atomic mass is 10.1. The van der Waals surface area contributed by atoms with Gasteiger partial charge in [0.25, 0.3) is 10.0 Å². The predicted octanol–water partition coefficient (Wildman–Crippen LogP) is 2.84. The normalized spacial score (nSPS) is 11.9. The highest BCUT2D eigenvalue weighted by molar-refractivity contribution is 7.90. The SMILES string of the molecule is NCCn1cc(-c2cn(S(=O)(=O)c3ccccc3)c3cc(F)ccc23)cn1. The number of nitrogens with zero attached hydrogens (tertiary/aromatic N) is 3. The summed E-state index contributed by atoms with van der Waals surface area (Å²) in [6.45, 7) is 0.992. The third-order valence-corrected chi connectivity index (χ3v) is 6.02. The van der Waals surface area contributed by atoms with Gasteiger partial charge in [-0.3, -0.25) is 4.68 Å². The zero-order valence-corrected chi connectivity index (χ0v) is 15.1. The molecule has 0 amide bonds. The molecule has 4 aromatic rings. The number of hydrogen-bond donors (Lipinski definition) is 1. The number of hydrogen-bond acceptors (Lipinski definition) is 4. The maximum Gasteiger partial charge on any atom is 0.268 e. The van der Waals surface area contributed by atoms with Gasteiger partial charge in [0.2, 0.25) is 0 Å².